The summed E-state index contributed by atoms with van der Waals surface area (Å²) in [6.07, 6.45) is 0. The van der Waals surface area contributed by atoms with Crippen molar-refractivity contribution in [3.05, 3.63) is 67.9 Å². The third kappa shape index (κ3) is 3.23. The SMILES string of the molecule is Fc1cc(F)c(C(Br)c2cc(Br)ccc2Br)c(F)c1. The molecule has 0 aliphatic heterocycles. The fourth-order valence-electron chi connectivity index (χ4n) is 1.66. The average molecular weight is 459 g/mol. The summed E-state index contributed by atoms with van der Waals surface area (Å²) >= 11 is 9.87. The van der Waals surface area contributed by atoms with Crippen LogP contribution in [-0.4, -0.2) is 0 Å². The topological polar surface area (TPSA) is 0 Å². The van der Waals surface area contributed by atoms with E-state index in [1.54, 1.807) is 18.2 Å². The van der Waals surface area contributed by atoms with E-state index in [-0.39, 0.29) is 5.56 Å². The lowest BCUT2D eigenvalue weighted by atomic mass is 10.0. The van der Waals surface area contributed by atoms with Gasteiger partial charge < -0.3 is 0 Å². The lowest BCUT2D eigenvalue weighted by Crippen LogP contribution is -2.02. The third-order valence-corrected chi connectivity index (χ3v) is 4.69. The fraction of sp³-hybridized carbons (Fsp3) is 0.0769. The Hall–Kier alpha value is -0.330. The average Bonchev–Trinajstić information content (AvgIpc) is 2.30. The van der Waals surface area contributed by atoms with Crippen LogP contribution in [0.4, 0.5) is 13.2 Å². The van der Waals surface area contributed by atoms with Gasteiger partial charge in [-0.2, -0.15) is 0 Å². The Morgan fingerprint density at radius 2 is 1.47 bits per heavy atom. The molecule has 1 atom stereocenters. The minimum absolute atomic E-state index is 0.222. The van der Waals surface area contributed by atoms with Crippen LogP contribution in [0.25, 0.3) is 0 Å². The van der Waals surface area contributed by atoms with E-state index in [1.165, 1.54) is 0 Å². The van der Waals surface area contributed by atoms with Gasteiger partial charge in [-0.3, -0.25) is 0 Å². The minimum atomic E-state index is -0.938. The molecule has 2 aromatic carbocycles. The molecule has 0 saturated heterocycles. The largest absolute Gasteiger partial charge is 0.207 e. The molecule has 2 rings (SSSR count). The minimum Gasteiger partial charge on any atom is -0.207 e. The van der Waals surface area contributed by atoms with Gasteiger partial charge in [0.15, 0.2) is 0 Å². The van der Waals surface area contributed by atoms with Gasteiger partial charge in [0.25, 0.3) is 0 Å². The van der Waals surface area contributed by atoms with E-state index >= 15 is 0 Å². The maximum atomic E-state index is 13.7. The van der Waals surface area contributed by atoms with E-state index in [4.69, 9.17) is 0 Å². The van der Waals surface area contributed by atoms with E-state index in [2.05, 4.69) is 47.8 Å². The Morgan fingerprint density at radius 1 is 0.895 bits per heavy atom. The molecule has 2 aromatic rings. The smallest absolute Gasteiger partial charge is 0.133 e. The van der Waals surface area contributed by atoms with Gasteiger partial charge in [-0.1, -0.05) is 47.8 Å². The van der Waals surface area contributed by atoms with Gasteiger partial charge >= 0.3 is 0 Å². The van der Waals surface area contributed by atoms with E-state index in [1.807, 2.05) is 0 Å². The van der Waals surface area contributed by atoms with Crippen LogP contribution in [0.5, 0.6) is 0 Å². The molecule has 0 fully saturated rings. The number of hydrogen-bond donors (Lipinski definition) is 0. The number of rotatable bonds is 2. The van der Waals surface area contributed by atoms with Crippen LogP contribution in [0.2, 0.25) is 0 Å². The molecule has 0 radical (unpaired) electrons. The normalized spacial score (nSPS) is 12.5. The van der Waals surface area contributed by atoms with Crippen LogP contribution in [0.3, 0.4) is 0 Å². The molecule has 1 unspecified atom stereocenters. The Kier molecular flexibility index (Phi) is 4.74. The van der Waals surface area contributed by atoms with E-state index in [0.29, 0.717) is 22.2 Å². The summed E-state index contributed by atoms with van der Waals surface area (Å²) in [6, 6.07) is 6.61. The molecule has 100 valence electrons. The second kappa shape index (κ2) is 5.97. The predicted octanol–water partition coefficient (Wildman–Crippen LogP) is 6.11. The summed E-state index contributed by atoms with van der Waals surface area (Å²) in [5, 5.41) is 0. The zero-order valence-corrected chi connectivity index (χ0v) is 14.0. The van der Waals surface area contributed by atoms with Crippen molar-refractivity contribution in [1.82, 2.24) is 0 Å². The lowest BCUT2D eigenvalue weighted by Gasteiger charge is -2.15. The van der Waals surface area contributed by atoms with Gasteiger partial charge in [0, 0.05) is 26.6 Å². The summed E-state index contributed by atoms with van der Waals surface area (Å²) in [6.45, 7) is 0. The summed E-state index contributed by atoms with van der Waals surface area (Å²) < 4.78 is 41.9. The highest BCUT2D eigenvalue weighted by molar-refractivity contribution is 9.11. The molecule has 0 saturated carbocycles. The monoisotopic (exact) mass is 456 g/mol. The Morgan fingerprint density at radius 3 is 2.05 bits per heavy atom. The number of alkyl halides is 1. The molecule has 0 bridgehead atoms. The number of halogens is 6. The number of hydrogen-bond acceptors (Lipinski definition) is 0. The van der Waals surface area contributed by atoms with Crippen molar-refractivity contribution < 1.29 is 13.2 Å². The molecular weight excluding hydrogens is 453 g/mol. The summed E-state index contributed by atoms with van der Waals surface area (Å²) in [4.78, 5) is -0.722. The summed E-state index contributed by atoms with van der Waals surface area (Å²) in [7, 11) is 0. The zero-order chi connectivity index (χ0) is 14.2. The van der Waals surface area contributed by atoms with Crippen molar-refractivity contribution in [3.8, 4) is 0 Å². The summed E-state index contributed by atoms with van der Waals surface area (Å²) in [5.41, 5.74) is 0.416. The first kappa shape index (κ1) is 15.1. The van der Waals surface area contributed by atoms with Crippen molar-refractivity contribution in [2.45, 2.75) is 4.83 Å². The maximum Gasteiger partial charge on any atom is 0.133 e. The van der Waals surface area contributed by atoms with Crippen molar-refractivity contribution in [1.29, 1.82) is 0 Å². The first-order valence-corrected chi connectivity index (χ1v) is 7.63. The van der Waals surface area contributed by atoms with E-state index < -0.39 is 22.3 Å². The summed E-state index contributed by atoms with van der Waals surface area (Å²) in [5.74, 6) is -2.79. The molecule has 0 aromatic heterocycles. The van der Waals surface area contributed by atoms with E-state index in [9.17, 15) is 13.2 Å². The molecule has 0 amide bonds. The number of benzene rings is 2. The van der Waals surface area contributed by atoms with E-state index in [0.717, 1.165) is 4.47 Å². The highest BCUT2D eigenvalue weighted by atomic mass is 79.9. The first-order valence-electron chi connectivity index (χ1n) is 5.13. The van der Waals surface area contributed by atoms with Gasteiger partial charge in [0.05, 0.1) is 4.83 Å². The Bertz CT molecular complexity index is 606. The molecule has 0 nitrogen and oxygen atoms in total. The quantitative estimate of drug-likeness (QED) is 0.476. The highest BCUT2D eigenvalue weighted by Gasteiger charge is 2.22. The molecule has 0 spiro atoms. The molecule has 0 aliphatic carbocycles. The van der Waals surface area contributed by atoms with Crippen LogP contribution in [0.15, 0.2) is 39.3 Å². The van der Waals surface area contributed by atoms with Crippen LogP contribution < -0.4 is 0 Å². The highest BCUT2D eigenvalue weighted by Crippen LogP contribution is 2.39. The Balaban J connectivity index is 2.56. The molecule has 0 aliphatic rings. The van der Waals surface area contributed by atoms with Crippen LogP contribution in [0, 0.1) is 17.5 Å². The molecule has 19 heavy (non-hydrogen) atoms. The van der Waals surface area contributed by atoms with Crippen LogP contribution in [-0.2, 0) is 0 Å². The second-order valence-corrected chi connectivity index (χ2v) is 6.50. The van der Waals surface area contributed by atoms with Crippen molar-refractivity contribution in [3.63, 3.8) is 0 Å². The maximum absolute atomic E-state index is 13.7. The van der Waals surface area contributed by atoms with Crippen LogP contribution >= 0.6 is 47.8 Å². The molecule has 6 heteroatoms. The van der Waals surface area contributed by atoms with Gasteiger partial charge in [-0.25, -0.2) is 13.2 Å². The van der Waals surface area contributed by atoms with Gasteiger partial charge in [-0.05, 0) is 23.8 Å². The van der Waals surface area contributed by atoms with Crippen molar-refractivity contribution in [2.24, 2.45) is 0 Å². The first-order chi connectivity index (χ1) is 8.90. The fourth-order valence-corrected chi connectivity index (χ4v) is 3.64. The van der Waals surface area contributed by atoms with Crippen molar-refractivity contribution in [2.75, 3.05) is 0 Å². The standard InChI is InChI=1S/C13H6Br3F3/c14-6-1-2-9(15)8(3-6)13(16)12-10(18)4-7(17)5-11(12)19/h1-5,13H. The van der Waals surface area contributed by atoms with Gasteiger partial charge in [0.2, 0.25) is 0 Å². The van der Waals surface area contributed by atoms with Crippen molar-refractivity contribution >= 4 is 47.8 Å². The zero-order valence-electron chi connectivity index (χ0n) is 9.23. The van der Waals surface area contributed by atoms with Gasteiger partial charge in [-0.15, -0.1) is 0 Å². The third-order valence-electron chi connectivity index (χ3n) is 2.53. The Labute approximate surface area is 133 Å². The predicted molar refractivity (Wildman–Crippen MR) is 78.9 cm³/mol. The second-order valence-electron chi connectivity index (χ2n) is 3.81. The van der Waals surface area contributed by atoms with Crippen LogP contribution in [0.1, 0.15) is 16.0 Å². The lowest BCUT2D eigenvalue weighted by molar-refractivity contribution is 0.527. The molecular formula is C13H6Br3F3. The molecule has 0 N–H and O–H groups in total. The van der Waals surface area contributed by atoms with Gasteiger partial charge in [0.1, 0.15) is 17.5 Å². The molecule has 0 heterocycles.